The van der Waals surface area contributed by atoms with Crippen LogP contribution in [0.1, 0.15) is 55.2 Å². The first-order valence-corrected chi connectivity index (χ1v) is 10.8. The van der Waals surface area contributed by atoms with E-state index in [1.54, 1.807) is 0 Å². The number of hydrogen-bond acceptors (Lipinski definition) is 4. The quantitative estimate of drug-likeness (QED) is 0.526. The van der Waals surface area contributed by atoms with E-state index >= 15 is 0 Å². The van der Waals surface area contributed by atoms with Gasteiger partial charge in [0.2, 0.25) is 5.91 Å². The highest BCUT2D eigenvalue weighted by Gasteiger charge is 2.32. The second-order valence-corrected chi connectivity index (χ2v) is 8.74. The Balaban J connectivity index is 1.43. The van der Waals surface area contributed by atoms with Crippen LogP contribution < -0.4 is 0 Å². The van der Waals surface area contributed by atoms with Crippen LogP contribution in [-0.2, 0) is 17.8 Å². The van der Waals surface area contributed by atoms with Crippen molar-refractivity contribution >= 4 is 17.2 Å². The highest BCUT2D eigenvalue weighted by molar-refractivity contribution is 7.13. The third-order valence-electron chi connectivity index (χ3n) is 5.14. The number of aryl methyl sites for hydroxylation is 1. The molecule has 2 heterocycles. The van der Waals surface area contributed by atoms with Crippen molar-refractivity contribution in [2.24, 2.45) is 0 Å². The van der Waals surface area contributed by atoms with Crippen molar-refractivity contribution in [3.8, 4) is 10.8 Å². The molecule has 146 valence electrons. The molecular weight excluding hydrogens is 368 g/mol. The Morgan fingerprint density at radius 1 is 1.21 bits per heavy atom. The van der Waals surface area contributed by atoms with Crippen LogP contribution in [0.15, 0.2) is 46.2 Å². The monoisotopic (exact) mass is 394 g/mol. The molecule has 1 saturated carbocycles. The zero-order chi connectivity index (χ0) is 19.7. The van der Waals surface area contributed by atoms with Crippen molar-refractivity contribution < 1.29 is 9.21 Å². The van der Waals surface area contributed by atoms with E-state index in [-0.39, 0.29) is 5.91 Å². The Hall–Kier alpha value is -2.40. The van der Waals surface area contributed by atoms with Crippen molar-refractivity contribution in [2.75, 3.05) is 0 Å². The fourth-order valence-corrected chi connectivity index (χ4v) is 4.10. The van der Waals surface area contributed by atoms with E-state index in [1.165, 1.54) is 22.5 Å². The normalized spacial score (nSPS) is 13.9. The Labute approximate surface area is 170 Å². The van der Waals surface area contributed by atoms with Gasteiger partial charge < -0.3 is 9.32 Å². The highest BCUT2D eigenvalue weighted by atomic mass is 32.1. The summed E-state index contributed by atoms with van der Waals surface area (Å²) >= 11 is 1.53. The third kappa shape index (κ3) is 4.36. The van der Waals surface area contributed by atoms with Gasteiger partial charge in [-0.2, -0.15) is 0 Å². The van der Waals surface area contributed by atoms with Crippen LogP contribution in [0.25, 0.3) is 10.8 Å². The number of aromatic nitrogens is 1. The van der Waals surface area contributed by atoms with Gasteiger partial charge in [-0.05, 0) is 48.9 Å². The van der Waals surface area contributed by atoms with Crippen LogP contribution in [0, 0.1) is 6.92 Å². The molecule has 0 radical (unpaired) electrons. The van der Waals surface area contributed by atoms with Crippen LogP contribution in [0.2, 0.25) is 0 Å². The lowest BCUT2D eigenvalue weighted by Crippen LogP contribution is -2.33. The first-order chi connectivity index (χ1) is 13.5. The van der Waals surface area contributed by atoms with Crippen LogP contribution >= 0.6 is 11.3 Å². The summed E-state index contributed by atoms with van der Waals surface area (Å²) in [6.45, 7) is 6.99. The number of hydrogen-bond donors (Lipinski definition) is 0. The van der Waals surface area contributed by atoms with E-state index in [4.69, 9.17) is 4.42 Å². The molecule has 0 bridgehead atoms. The van der Waals surface area contributed by atoms with Gasteiger partial charge in [-0.1, -0.05) is 38.1 Å². The minimum Gasteiger partial charge on any atom is -0.459 e. The lowest BCUT2D eigenvalue weighted by molar-refractivity contribution is -0.131. The maximum absolute atomic E-state index is 13.0. The summed E-state index contributed by atoms with van der Waals surface area (Å²) in [5, 5.41) is 2.80. The van der Waals surface area contributed by atoms with Gasteiger partial charge in [-0.15, -0.1) is 11.3 Å². The summed E-state index contributed by atoms with van der Waals surface area (Å²) in [5.74, 6) is 2.31. The molecule has 2 aromatic heterocycles. The predicted octanol–water partition coefficient (Wildman–Crippen LogP) is 5.57. The molecule has 1 fully saturated rings. The second-order valence-electron chi connectivity index (χ2n) is 7.88. The molecule has 4 rings (SSSR count). The summed E-state index contributed by atoms with van der Waals surface area (Å²) < 4.78 is 5.64. The predicted molar refractivity (Wildman–Crippen MR) is 112 cm³/mol. The van der Waals surface area contributed by atoms with Gasteiger partial charge in [0.05, 0.1) is 12.1 Å². The van der Waals surface area contributed by atoms with Gasteiger partial charge in [0.15, 0.2) is 10.8 Å². The number of rotatable bonds is 7. The lowest BCUT2D eigenvalue weighted by Gasteiger charge is -2.22. The van der Waals surface area contributed by atoms with Crippen molar-refractivity contribution in [3.63, 3.8) is 0 Å². The maximum Gasteiger partial charge on any atom is 0.229 e. The number of nitrogens with zero attached hydrogens (tertiary/aromatic N) is 2. The van der Waals surface area contributed by atoms with Gasteiger partial charge in [-0.3, -0.25) is 4.79 Å². The van der Waals surface area contributed by atoms with Gasteiger partial charge in [-0.25, -0.2) is 4.98 Å². The third-order valence-corrected chi connectivity index (χ3v) is 6.05. The van der Waals surface area contributed by atoms with Crippen LogP contribution in [0.5, 0.6) is 0 Å². The molecule has 1 aliphatic carbocycles. The fraction of sp³-hybridized carbons (Fsp3) is 0.391. The summed E-state index contributed by atoms with van der Waals surface area (Å²) in [4.78, 5) is 19.6. The number of benzene rings is 1. The van der Waals surface area contributed by atoms with Crippen molar-refractivity contribution in [2.45, 2.75) is 58.5 Å². The Kier molecular flexibility index (Phi) is 5.36. The van der Waals surface area contributed by atoms with Gasteiger partial charge >= 0.3 is 0 Å². The number of carbonyl (C=O) groups excluding carboxylic acids is 1. The van der Waals surface area contributed by atoms with Crippen LogP contribution in [0.4, 0.5) is 0 Å². The fourth-order valence-electron chi connectivity index (χ4n) is 3.32. The first-order valence-electron chi connectivity index (χ1n) is 9.89. The maximum atomic E-state index is 13.0. The molecule has 0 spiro atoms. The summed E-state index contributed by atoms with van der Waals surface area (Å²) in [6.07, 6.45) is 2.55. The first kappa shape index (κ1) is 18.9. The summed E-state index contributed by atoms with van der Waals surface area (Å²) in [5.41, 5.74) is 3.34. The van der Waals surface area contributed by atoms with E-state index in [0.717, 1.165) is 35.1 Å². The highest BCUT2D eigenvalue weighted by Crippen LogP contribution is 2.30. The minimum atomic E-state index is 0.155. The molecule has 0 atom stereocenters. The average molecular weight is 395 g/mol. The minimum absolute atomic E-state index is 0.155. The molecule has 1 amide bonds. The number of carbonyl (C=O) groups is 1. The average Bonchev–Trinajstić information content (AvgIpc) is 3.25. The molecule has 0 saturated heterocycles. The van der Waals surface area contributed by atoms with E-state index < -0.39 is 0 Å². The number of furan rings is 1. The topological polar surface area (TPSA) is 46.3 Å². The van der Waals surface area contributed by atoms with E-state index in [0.29, 0.717) is 24.9 Å². The number of thiazole rings is 1. The molecule has 4 nitrogen and oxygen atoms in total. The summed E-state index contributed by atoms with van der Waals surface area (Å²) in [7, 11) is 0. The smallest absolute Gasteiger partial charge is 0.229 e. The van der Waals surface area contributed by atoms with Crippen molar-refractivity contribution in [1.82, 2.24) is 9.88 Å². The summed E-state index contributed by atoms with van der Waals surface area (Å²) in [6, 6.07) is 12.9. The molecular formula is C23H26N2O2S. The van der Waals surface area contributed by atoms with Crippen LogP contribution in [-0.4, -0.2) is 21.8 Å². The Morgan fingerprint density at radius 3 is 2.57 bits per heavy atom. The lowest BCUT2D eigenvalue weighted by atomic mass is 10.0. The van der Waals surface area contributed by atoms with Gasteiger partial charge in [0, 0.05) is 18.0 Å². The van der Waals surface area contributed by atoms with Gasteiger partial charge in [0.25, 0.3) is 0 Å². The molecule has 1 aromatic carbocycles. The van der Waals surface area contributed by atoms with Gasteiger partial charge in [0.1, 0.15) is 5.76 Å². The van der Waals surface area contributed by atoms with Crippen molar-refractivity contribution in [3.05, 3.63) is 64.4 Å². The molecule has 0 aliphatic heterocycles. The molecule has 0 unspecified atom stereocenters. The zero-order valence-corrected chi connectivity index (χ0v) is 17.5. The van der Waals surface area contributed by atoms with Crippen LogP contribution in [0.3, 0.4) is 0 Å². The molecule has 0 N–H and O–H groups in total. The largest absolute Gasteiger partial charge is 0.459 e. The van der Waals surface area contributed by atoms with Crippen molar-refractivity contribution in [1.29, 1.82) is 0 Å². The number of amides is 1. The van der Waals surface area contributed by atoms with E-state index in [2.05, 4.69) is 43.1 Å². The molecule has 1 aliphatic rings. The Morgan fingerprint density at radius 2 is 1.96 bits per heavy atom. The molecule has 3 aromatic rings. The standard InChI is InChI=1S/C23H26N2O2S/c1-15(2)18-7-5-17(6-8-18)13-25(20-9-10-20)22(26)12-19-14-28-23(24-19)21-11-4-16(3)27-21/h4-8,11,14-15,20H,9-10,12-13H2,1-3H3. The second kappa shape index (κ2) is 7.92. The van der Waals surface area contributed by atoms with E-state index in [9.17, 15) is 4.79 Å². The molecule has 28 heavy (non-hydrogen) atoms. The van der Waals surface area contributed by atoms with E-state index in [1.807, 2.05) is 29.3 Å². The SMILES string of the molecule is Cc1ccc(-c2nc(CC(=O)N(Cc3ccc(C(C)C)cc3)C3CC3)cs2)o1. The zero-order valence-electron chi connectivity index (χ0n) is 16.6. The molecule has 5 heteroatoms. The Bertz CT molecular complexity index is 951.